The summed E-state index contributed by atoms with van der Waals surface area (Å²) in [4.78, 5) is 31.7. The van der Waals surface area contributed by atoms with Crippen LogP contribution in [0.5, 0.6) is 0 Å². The van der Waals surface area contributed by atoms with Crippen LogP contribution in [-0.2, 0) is 6.54 Å². The first kappa shape index (κ1) is 20.1. The van der Waals surface area contributed by atoms with Crippen molar-refractivity contribution in [1.29, 1.82) is 0 Å². The molecule has 0 atom stereocenters. The topological polar surface area (TPSA) is 84.5 Å². The molecule has 1 amide bonds. The first-order valence-electron chi connectivity index (χ1n) is 9.23. The zero-order valence-corrected chi connectivity index (χ0v) is 16.6. The highest BCUT2D eigenvalue weighted by Gasteiger charge is 2.21. The third-order valence-corrected chi connectivity index (χ3v) is 4.70. The molecule has 0 bridgehead atoms. The Kier molecular flexibility index (Phi) is 5.92. The van der Waals surface area contributed by atoms with E-state index in [0.717, 1.165) is 11.3 Å². The van der Waals surface area contributed by atoms with Crippen LogP contribution in [0.4, 0.5) is 11.4 Å². The van der Waals surface area contributed by atoms with E-state index in [-0.39, 0.29) is 17.2 Å². The van der Waals surface area contributed by atoms with Gasteiger partial charge in [-0.05, 0) is 36.8 Å². The van der Waals surface area contributed by atoms with Gasteiger partial charge >= 0.3 is 0 Å². The van der Waals surface area contributed by atoms with Crippen molar-refractivity contribution < 1.29 is 9.72 Å². The monoisotopic (exact) mass is 393 g/mol. The lowest BCUT2D eigenvalue weighted by molar-refractivity contribution is -0.384. The normalized spacial score (nSPS) is 10.6. The molecule has 1 aromatic heterocycles. The molecule has 2 aromatic carbocycles. The molecule has 8 nitrogen and oxygen atoms in total. The Morgan fingerprint density at radius 2 is 1.90 bits per heavy atom. The summed E-state index contributed by atoms with van der Waals surface area (Å²) >= 11 is 0. The van der Waals surface area contributed by atoms with Crippen LogP contribution in [0.25, 0.3) is 5.69 Å². The third kappa shape index (κ3) is 4.43. The van der Waals surface area contributed by atoms with Gasteiger partial charge in [-0.1, -0.05) is 12.1 Å². The average Bonchev–Trinajstić information content (AvgIpc) is 3.26. The molecular weight excluding hydrogens is 370 g/mol. The van der Waals surface area contributed by atoms with Crippen LogP contribution in [0.1, 0.15) is 22.8 Å². The predicted octanol–water partition coefficient (Wildman–Crippen LogP) is 3.51. The molecule has 3 rings (SSSR count). The number of nitrogens with zero attached hydrogens (tertiary/aromatic N) is 5. The van der Waals surface area contributed by atoms with Crippen LogP contribution in [0, 0.1) is 10.1 Å². The summed E-state index contributed by atoms with van der Waals surface area (Å²) in [6.07, 6.45) is 4.66. The summed E-state index contributed by atoms with van der Waals surface area (Å²) < 4.78 is 1.55. The smallest absolute Gasteiger partial charge is 0.294 e. The summed E-state index contributed by atoms with van der Waals surface area (Å²) in [5.74, 6) is -0.246. The van der Waals surface area contributed by atoms with E-state index in [1.54, 1.807) is 34.0 Å². The number of carbonyl (C=O) groups excluding carboxylic acids is 1. The van der Waals surface area contributed by atoms with E-state index in [2.05, 4.69) is 4.98 Å². The number of imidazole rings is 1. The minimum absolute atomic E-state index is 0.139. The third-order valence-electron chi connectivity index (χ3n) is 4.70. The second kappa shape index (κ2) is 8.55. The van der Waals surface area contributed by atoms with Gasteiger partial charge in [0.2, 0.25) is 0 Å². The summed E-state index contributed by atoms with van der Waals surface area (Å²) in [5, 5.41) is 11.6. The molecule has 3 aromatic rings. The highest BCUT2D eigenvalue weighted by molar-refractivity contribution is 5.95. The number of benzene rings is 2. The van der Waals surface area contributed by atoms with E-state index >= 15 is 0 Å². The van der Waals surface area contributed by atoms with Gasteiger partial charge in [-0.2, -0.15) is 0 Å². The van der Waals surface area contributed by atoms with Crippen LogP contribution >= 0.6 is 0 Å². The van der Waals surface area contributed by atoms with Crippen LogP contribution in [0.15, 0.2) is 61.2 Å². The molecule has 8 heteroatoms. The quantitative estimate of drug-likeness (QED) is 0.453. The van der Waals surface area contributed by atoms with Crippen molar-refractivity contribution in [2.75, 3.05) is 25.5 Å². The lowest BCUT2D eigenvalue weighted by Gasteiger charge is -2.22. The fraction of sp³-hybridized carbons (Fsp3) is 0.238. The SMILES string of the molecule is CCN(Cc1ccc(N(C)C)cc1)C(=O)c1ccc(-n2ccnc2)c([N+](=O)[O-])c1. The Hall–Kier alpha value is -3.68. The maximum Gasteiger partial charge on any atom is 0.294 e. The molecule has 0 unspecified atom stereocenters. The van der Waals surface area contributed by atoms with Gasteiger partial charge in [-0.15, -0.1) is 0 Å². The number of nitro benzene ring substituents is 1. The number of aromatic nitrogens is 2. The standard InChI is InChI=1S/C21H23N5O3/c1-4-24(14-16-5-8-18(9-6-16)23(2)3)21(27)17-7-10-19(20(13-17)26(28)29)25-12-11-22-15-25/h5-13,15H,4,14H2,1-3H3. The lowest BCUT2D eigenvalue weighted by atomic mass is 10.1. The molecular formula is C21H23N5O3. The molecule has 29 heavy (non-hydrogen) atoms. The van der Waals surface area contributed by atoms with Gasteiger partial charge in [0.15, 0.2) is 0 Å². The van der Waals surface area contributed by atoms with Crippen molar-refractivity contribution >= 4 is 17.3 Å². The van der Waals surface area contributed by atoms with E-state index in [9.17, 15) is 14.9 Å². The van der Waals surface area contributed by atoms with Gasteiger partial charge in [0.1, 0.15) is 5.69 Å². The van der Waals surface area contributed by atoms with E-state index in [1.165, 1.54) is 12.4 Å². The molecule has 1 heterocycles. The number of nitro groups is 1. The number of rotatable bonds is 7. The highest BCUT2D eigenvalue weighted by Crippen LogP contribution is 2.25. The predicted molar refractivity (Wildman–Crippen MR) is 111 cm³/mol. The zero-order valence-electron chi connectivity index (χ0n) is 16.6. The fourth-order valence-electron chi connectivity index (χ4n) is 3.05. The van der Waals surface area contributed by atoms with Crippen LogP contribution in [0.3, 0.4) is 0 Å². The first-order valence-corrected chi connectivity index (χ1v) is 9.23. The average molecular weight is 393 g/mol. The molecule has 0 fully saturated rings. The minimum Gasteiger partial charge on any atom is -0.378 e. The molecule has 0 saturated heterocycles. The Labute approximate surface area is 169 Å². The van der Waals surface area contributed by atoms with E-state index in [0.29, 0.717) is 18.8 Å². The summed E-state index contributed by atoms with van der Waals surface area (Å²) in [5.41, 5.74) is 2.59. The van der Waals surface area contributed by atoms with Crippen molar-refractivity contribution in [3.05, 3.63) is 82.4 Å². The fourth-order valence-corrected chi connectivity index (χ4v) is 3.05. The van der Waals surface area contributed by atoms with Gasteiger partial charge in [0, 0.05) is 56.9 Å². The van der Waals surface area contributed by atoms with Crippen molar-refractivity contribution in [2.24, 2.45) is 0 Å². The Morgan fingerprint density at radius 1 is 1.17 bits per heavy atom. The van der Waals surface area contributed by atoms with Crippen molar-refractivity contribution in [3.8, 4) is 5.69 Å². The molecule has 0 aliphatic rings. The Morgan fingerprint density at radius 3 is 2.45 bits per heavy atom. The molecule has 150 valence electrons. The number of amides is 1. The summed E-state index contributed by atoms with van der Waals surface area (Å²) in [6, 6.07) is 12.5. The van der Waals surface area contributed by atoms with Crippen molar-refractivity contribution in [2.45, 2.75) is 13.5 Å². The van der Waals surface area contributed by atoms with Gasteiger partial charge < -0.3 is 14.4 Å². The summed E-state index contributed by atoms with van der Waals surface area (Å²) in [6.45, 7) is 2.81. The molecule has 0 spiro atoms. The molecule has 0 saturated carbocycles. The summed E-state index contributed by atoms with van der Waals surface area (Å²) in [7, 11) is 3.94. The lowest BCUT2D eigenvalue weighted by Crippen LogP contribution is -2.30. The maximum atomic E-state index is 13.0. The highest BCUT2D eigenvalue weighted by atomic mass is 16.6. The molecule has 0 aliphatic heterocycles. The second-order valence-electron chi connectivity index (χ2n) is 6.81. The van der Waals surface area contributed by atoms with Crippen LogP contribution in [0.2, 0.25) is 0 Å². The van der Waals surface area contributed by atoms with E-state index in [1.807, 2.05) is 50.2 Å². The Balaban J connectivity index is 1.85. The second-order valence-corrected chi connectivity index (χ2v) is 6.81. The zero-order chi connectivity index (χ0) is 21.0. The molecule has 0 N–H and O–H groups in total. The van der Waals surface area contributed by atoms with E-state index in [4.69, 9.17) is 0 Å². The van der Waals surface area contributed by atoms with Gasteiger partial charge in [0.05, 0.1) is 11.3 Å². The largest absolute Gasteiger partial charge is 0.378 e. The van der Waals surface area contributed by atoms with Gasteiger partial charge in [-0.25, -0.2) is 4.98 Å². The van der Waals surface area contributed by atoms with Crippen molar-refractivity contribution in [1.82, 2.24) is 14.5 Å². The number of carbonyl (C=O) groups is 1. The number of hydrogen-bond donors (Lipinski definition) is 0. The number of hydrogen-bond acceptors (Lipinski definition) is 5. The molecule has 0 radical (unpaired) electrons. The Bertz CT molecular complexity index is 998. The number of anilines is 1. The van der Waals surface area contributed by atoms with E-state index < -0.39 is 4.92 Å². The van der Waals surface area contributed by atoms with Gasteiger partial charge in [-0.3, -0.25) is 14.9 Å². The molecule has 0 aliphatic carbocycles. The van der Waals surface area contributed by atoms with Crippen molar-refractivity contribution in [3.63, 3.8) is 0 Å². The van der Waals surface area contributed by atoms with Crippen LogP contribution < -0.4 is 4.90 Å². The van der Waals surface area contributed by atoms with Crippen LogP contribution in [-0.4, -0.2) is 45.9 Å². The maximum absolute atomic E-state index is 13.0. The first-order chi connectivity index (χ1) is 13.9. The van der Waals surface area contributed by atoms with Gasteiger partial charge in [0.25, 0.3) is 11.6 Å². The minimum atomic E-state index is -0.484.